The molecule has 0 spiro atoms. The second-order valence-electron chi connectivity index (χ2n) is 5.35. The summed E-state index contributed by atoms with van der Waals surface area (Å²) in [5.41, 5.74) is 3.06. The second-order valence-corrected chi connectivity index (χ2v) is 5.35. The van der Waals surface area contributed by atoms with E-state index in [0.717, 1.165) is 42.2 Å². The van der Waals surface area contributed by atoms with Crippen LogP contribution in [0.1, 0.15) is 32.9 Å². The van der Waals surface area contributed by atoms with Crippen molar-refractivity contribution in [2.24, 2.45) is 5.92 Å². The molecule has 20 heavy (non-hydrogen) atoms. The molecule has 0 aliphatic rings. The van der Waals surface area contributed by atoms with Gasteiger partial charge in [0.05, 0.1) is 5.69 Å². The zero-order valence-electron chi connectivity index (χ0n) is 12.4. The highest BCUT2D eigenvalue weighted by molar-refractivity contribution is 5.61. The van der Waals surface area contributed by atoms with Gasteiger partial charge in [-0.15, -0.1) is 0 Å². The van der Waals surface area contributed by atoms with Gasteiger partial charge >= 0.3 is 0 Å². The number of rotatable bonds is 6. The number of hydrogen-bond donors (Lipinski definition) is 1. The SMILES string of the molecule is CCCNc1cc(-c2ccc(CC(C)C)nc2)ncn1. The minimum atomic E-state index is 0.622. The summed E-state index contributed by atoms with van der Waals surface area (Å²) in [6.45, 7) is 7.45. The predicted molar refractivity (Wildman–Crippen MR) is 82.6 cm³/mol. The van der Waals surface area contributed by atoms with Crippen LogP contribution in [0, 0.1) is 5.92 Å². The molecule has 4 nitrogen and oxygen atoms in total. The maximum Gasteiger partial charge on any atom is 0.129 e. The van der Waals surface area contributed by atoms with Gasteiger partial charge in [0.2, 0.25) is 0 Å². The van der Waals surface area contributed by atoms with Crippen LogP contribution >= 0.6 is 0 Å². The van der Waals surface area contributed by atoms with Crippen LogP contribution < -0.4 is 5.32 Å². The molecule has 0 bridgehead atoms. The molecule has 0 radical (unpaired) electrons. The Labute approximate surface area is 120 Å². The van der Waals surface area contributed by atoms with Crippen LogP contribution in [0.2, 0.25) is 0 Å². The zero-order valence-corrected chi connectivity index (χ0v) is 12.4. The van der Waals surface area contributed by atoms with Crippen LogP contribution in [0.3, 0.4) is 0 Å². The molecule has 0 unspecified atom stereocenters. The van der Waals surface area contributed by atoms with E-state index in [1.807, 2.05) is 12.3 Å². The lowest BCUT2D eigenvalue weighted by Crippen LogP contribution is -2.02. The third kappa shape index (κ3) is 4.02. The molecule has 0 saturated heterocycles. The lowest BCUT2D eigenvalue weighted by molar-refractivity contribution is 0.635. The Hall–Kier alpha value is -1.97. The first kappa shape index (κ1) is 14.4. The molecule has 0 aliphatic carbocycles. The zero-order chi connectivity index (χ0) is 14.4. The normalized spacial score (nSPS) is 10.8. The minimum Gasteiger partial charge on any atom is -0.370 e. The van der Waals surface area contributed by atoms with E-state index in [4.69, 9.17) is 0 Å². The van der Waals surface area contributed by atoms with Crippen LogP contribution in [0.25, 0.3) is 11.3 Å². The molecule has 0 aromatic carbocycles. The molecule has 2 aromatic rings. The van der Waals surface area contributed by atoms with E-state index in [1.54, 1.807) is 6.33 Å². The molecule has 106 valence electrons. The number of anilines is 1. The molecule has 0 aliphatic heterocycles. The number of aromatic nitrogens is 3. The Kier molecular flexibility index (Phi) is 5.04. The maximum atomic E-state index is 4.51. The van der Waals surface area contributed by atoms with Crippen LogP contribution in [0.4, 0.5) is 5.82 Å². The average molecular weight is 270 g/mol. The Balaban J connectivity index is 2.14. The van der Waals surface area contributed by atoms with E-state index in [9.17, 15) is 0 Å². The highest BCUT2D eigenvalue weighted by Gasteiger charge is 2.04. The molecule has 1 N–H and O–H groups in total. The largest absolute Gasteiger partial charge is 0.370 e. The van der Waals surface area contributed by atoms with Gasteiger partial charge in [-0.05, 0) is 30.9 Å². The topological polar surface area (TPSA) is 50.7 Å². The number of hydrogen-bond acceptors (Lipinski definition) is 4. The quantitative estimate of drug-likeness (QED) is 0.872. The highest BCUT2D eigenvalue weighted by atomic mass is 15.0. The first-order chi connectivity index (χ1) is 9.69. The van der Waals surface area contributed by atoms with Gasteiger partial charge in [-0.1, -0.05) is 20.8 Å². The van der Waals surface area contributed by atoms with Gasteiger partial charge in [0.1, 0.15) is 12.1 Å². The average Bonchev–Trinajstić information content (AvgIpc) is 2.45. The van der Waals surface area contributed by atoms with Crippen molar-refractivity contribution in [1.29, 1.82) is 0 Å². The Morgan fingerprint density at radius 1 is 1.15 bits per heavy atom. The van der Waals surface area contributed by atoms with Crippen molar-refractivity contribution in [3.05, 3.63) is 36.4 Å². The minimum absolute atomic E-state index is 0.622. The highest BCUT2D eigenvalue weighted by Crippen LogP contribution is 2.18. The fourth-order valence-electron chi connectivity index (χ4n) is 1.98. The number of nitrogens with one attached hydrogen (secondary N) is 1. The van der Waals surface area contributed by atoms with Crippen molar-refractivity contribution >= 4 is 5.82 Å². The van der Waals surface area contributed by atoms with Crippen molar-refractivity contribution in [1.82, 2.24) is 15.0 Å². The van der Waals surface area contributed by atoms with E-state index in [0.29, 0.717) is 5.92 Å². The molecule has 4 heteroatoms. The van der Waals surface area contributed by atoms with Crippen LogP contribution in [-0.4, -0.2) is 21.5 Å². The summed E-state index contributed by atoms with van der Waals surface area (Å²) in [6.07, 6.45) is 5.57. The summed E-state index contributed by atoms with van der Waals surface area (Å²) in [4.78, 5) is 13.0. The maximum absolute atomic E-state index is 4.51. The molecule has 2 heterocycles. The van der Waals surface area contributed by atoms with E-state index >= 15 is 0 Å². The van der Waals surface area contributed by atoms with Crippen LogP contribution in [0.15, 0.2) is 30.7 Å². The summed E-state index contributed by atoms with van der Waals surface area (Å²) < 4.78 is 0. The van der Waals surface area contributed by atoms with Crippen LogP contribution in [-0.2, 0) is 6.42 Å². The van der Waals surface area contributed by atoms with Gasteiger partial charge < -0.3 is 5.32 Å². The molecule has 2 aromatic heterocycles. The van der Waals surface area contributed by atoms with Crippen molar-refractivity contribution in [3.8, 4) is 11.3 Å². The molecule has 2 rings (SSSR count). The van der Waals surface area contributed by atoms with Gasteiger partial charge in [-0.25, -0.2) is 9.97 Å². The standard InChI is InChI=1S/C16H22N4/c1-4-7-17-16-9-15(19-11-20-16)13-5-6-14(18-10-13)8-12(2)3/h5-6,9-12H,4,7-8H2,1-3H3,(H,17,19,20). The predicted octanol–water partition coefficient (Wildman–Crippen LogP) is 3.56. The molecular formula is C16H22N4. The van der Waals surface area contributed by atoms with Gasteiger partial charge in [0, 0.05) is 30.1 Å². The van der Waals surface area contributed by atoms with Gasteiger partial charge in [-0.3, -0.25) is 4.98 Å². The third-order valence-electron chi connectivity index (χ3n) is 2.96. The summed E-state index contributed by atoms with van der Waals surface area (Å²) in [7, 11) is 0. The van der Waals surface area contributed by atoms with Crippen molar-refractivity contribution in [2.45, 2.75) is 33.6 Å². The number of pyridine rings is 1. The lowest BCUT2D eigenvalue weighted by atomic mass is 10.1. The summed E-state index contributed by atoms with van der Waals surface area (Å²) in [5, 5.41) is 3.27. The van der Waals surface area contributed by atoms with E-state index in [1.165, 1.54) is 0 Å². The van der Waals surface area contributed by atoms with E-state index in [-0.39, 0.29) is 0 Å². The summed E-state index contributed by atoms with van der Waals surface area (Å²) in [6, 6.07) is 6.13. The molecule has 0 atom stereocenters. The molecule has 0 fully saturated rings. The summed E-state index contributed by atoms with van der Waals surface area (Å²) >= 11 is 0. The second kappa shape index (κ2) is 6.98. The first-order valence-electron chi connectivity index (χ1n) is 7.20. The smallest absolute Gasteiger partial charge is 0.129 e. The first-order valence-corrected chi connectivity index (χ1v) is 7.20. The van der Waals surface area contributed by atoms with Crippen molar-refractivity contribution < 1.29 is 0 Å². The number of nitrogens with zero attached hydrogens (tertiary/aromatic N) is 3. The van der Waals surface area contributed by atoms with E-state index < -0.39 is 0 Å². The van der Waals surface area contributed by atoms with Gasteiger partial charge in [0.25, 0.3) is 0 Å². The van der Waals surface area contributed by atoms with Crippen LogP contribution in [0.5, 0.6) is 0 Å². The third-order valence-corrected chi connectivity index (χ3v) is 2.96. The van der Waals surface area contributed by atoms with Gasteiger partial charge in [-0.2, -0.15) is 0 Å². The Bertz CT molecular complexity index is 534. The Morgan fingerprint density at radius 3 is 2.65 bits per heavy atom. The van der Waals surface area contributed by atoms with Gasteiger partial charge in [0.15, 0.2) is 0 Å². The monoisotopic (exact) mass is 270 g/mol. The molecular weight excluding hydrogens is 248 g/mol. The fourth-order valence-corrected chi connectivity index (χ4v) is 1.98. The summed E-state index contributed by atoms with van der Waals surface area (Å²) in [5.74, 6) is 1.49. The molecule has 0 saturated carbocycles. The fraction of sp³-hybridized carbons (Fsp3) is 0.438. The van der Waals surface area contributed by atoms with E-state index in [2.05, 4.69) is 53.2 Å². The lowest BCUT2D eigenvalue weighted by Gasteiger charge is -2.07. The molecule has 0 amide bonds. The Morgan fingerprint density at radius 2 is 2.00 bits per heavy atom. The van der Waals surface area contributed by atoms with Crippen molar-refractivity contribution in [2.75, 3.05) is 11.9 Å². The van der Waals surface area contributed by atoms with Crippen molar-refractivity contribution in [3.63, 3.8) is 0 Å².